The molecule has 0 spiro atoms. The lowest BCUT2D eigenvalue weighted by atomic mass is 10.1. The highest BCUT2D eigenvalue weighted by atomic mass is 14.6. The van der Waals surface area contributed by atoms with E-state index in [9.17, 15) is 0 Å². The van der Waals surface area contributed by atoms with Crippen LogP contribution in [0.5, 0.6) is 0 Å². The minimum atomic E-state index is 0.209. The molecule has 1 nitrogen and oxygen atoms in total. The zero-order chi connectivity index (χ0) is 13.2. The minimum Gasteiger partial charge on any atom is -0.324 e. The molecule has 96 valence electrons. The van der Waals surface area contributed by atoms with Gasteiger partial charge in [-0.1, -0.05) is 74.5 Å². The Morgan fingerprint density at radius 1 is 0.833 bits per heavy atom. The smallest absolute Gasteiger partial charge is 0.0292 e. The van der Waals surface area contributed by atoms with Crippen LogP contribution in [0, 0.1) is 0 Å². The maximum absolute atomic E-state index is 5.79. The van der Waals surface area contributed by atoms with Crippen molar-refractivity contribution in [3.05, 3.63) is 71.8 Å². The van der Waals surface area contributed by atoms with Gasteiger partial charge in [-0.05, 0) is 24.0 Å². The van der Waals surface area contributed by atoms with E-state index in [1.165, 1.54) is 11.1 Å². The van der Waals surface area contributed by atoms with Gasteiger partial charge in [0.25, 0.3) is 0 Å². The van der Waals surface area contributed by atoms with Crippen LogP contribution in [0.3, 0.4) is 0 Å². The molecule has 0 heterocycles. The second kappa shape index (κ2) is 8.48. The summed E-state index contributed by atoms with van der Waals surface area (Å²) in [6.45, 7) is 4.26. The number of hydrogen-bond donors (Lipinski definition) is 1. The minimum absolute atomic E-state index is 0.209. The number of benzene rings is 2. The predicted molar refractivity (Wildman–Crippen MR) is 79.5 cm³/mol. The fourth-order valence-corrected chi connectivity index (χ4v) is 1.65. The third-order valence-corrected chi connectivity index (χ3v) is 2.92. The molecule has 0 bridgehead atoms. The number of rotatable bonds is 3. The van der Waals surface area contributed by atoms with E-state index in [-0.39, 0.29) is 6.04 Å². The first-order chi connectivity index (χ1) is 8.77. The molecule has 1 atom stereocenters. The summed E-state index contributed by atoms with van der Waals surface area (Å²) in [5, 5.41) is 0. The molecule has 2 N–H and O–H groups in total. The Bertz CT molecular complexity index is 408. The molecule has 18 heavy (non-hydrogen) atoms. The van der Waals surface area contributed by atoms with Gasteiger partial charge in [0.15, 0.2) is 0 Å². The molecule has 2 rings (SSSR count). The lowest BCUT2D eigenvalue weighted by Gasteiger charge is -2.06. The molecule has 0 fully saturated rings. The molecule has 1 unspecified atom stereocenters. The van der Waals surface area contributed by atoms with Gasteiger partial charge < -0.3 is 5.73 Å². The topological polar surface area (TPSA) is 26.0 Å². The average Bonchev–Trinajstić information content (AvgIpc) is 2.49. The quantitative estimate of drug-likeness (QED) is 0.849. The van der Waals surface area contributed by atoms with Crippen LogP contribution in [0.25, 0.3) is 0 Å². The first-order valence-corrected chi connectivity index (χ1v) is 6.62. The third kappa shape index (κ3) is 5.15. The monoisotopic (exact) mass is 241 g/mol. The zero-order valence-corrected chi connectivity index (χ0v) is 11.3. The summed E-state index contributed by atoms with van der Waals surface area (Å²) in [5.74, 6) is 0. The number of aryl methyl sites for hydroxylation is 1. The molecular formula is C17H23N. The molecule has 0 amide bonds. The lowest BCUT2D eigenvalue weighted by Crippen LogP contribution is -2.07. The maximum Gasteiger partial charge on any atom is 0.0292 e. The van der Waals surface area contributed by atoms with Gasteiger partial charge in [-0.25, -0.2) is 0 Å². The van der Waals surface area contributed by atoms with E-state index in [2.05, 4.69) is 50.2 Å². The Morgan fingerprint density at radius 2 is 1.33 bits per heavy atom. The Morgan fingerprint density at radius 3 is 1.72 bits per heavy atom. The van der Waals surface area contributed by atoms with E-state index in [0.717, 1.165) is 12.8 Å². The van der Waals surface area contributed by atoms with Crippen molar-refractivity contribution < 1.29 is 0 Å². The fourth-order valence-electron chi connectivity index (χ4n) is 1.65. The van der Waals surface area contributed by atoms with Crippen molar-refractivity contribution in [2.45, 2.75) is 32.7 Å². The van der Waals surface area contributed by atoms with Gasteiger partial charge in [0.2, 0.25) is 0 Å². The molecule has 0 saturated carbocycles. The summed E-state index contributed by atoms with van der Waals surface area (Å²) < 4.78 is 0. The van der Waals surface area contributed by atoms with Gasteiger partial charge in [0.1, 0.15) is 0 Å². The summed E-state index contributed by atoms with van der Waals surface area (Å²) in [6, 6.07) is 20.8. The van der Waals surface area contributed by atoms with Crippen LogP contribution in [0.15, 0.2) is 60.7 Å². The van der Waals surface area contributed by atoms with Crippen LogP contribution in [-0.4, -0.2) is 0 Å². The summed E-state index contributed by atoms with van der Waals surface area (Å²) in [4.78, 5) is 0. The second-order valence-corrected chi connectivity index (χ2v) is 4.26. The molecule has 2 aromatic carbocycles. The van der Waals surface area contributed by atoms with Crippen molar-refractivity contribution in [2.75, 3.05) is 0 Å². The van der Waals surface area contributed by atoms with Crippen LogP contribution in [-0.2, 0) is 6.42 Å². The van der Waals surface area contributed by atoms with Crippen molar-refractivity contribution in [1.82, 2.24) is 0 Å². The maximum atomic E-state index is 5.79. The van der Waals surface area contributed by atoms with E-state index in [0.29, 0.717) is 0 Å². The highest BCUT2D eigenvalue weighted by Crippen LogP contribution is 2.11. The molecule has 0 radical (unpaired) electrons. The summed E-state index contributed by atoms with van der Waals surface area (Å²) in [5.41, 5.74) is 8.43. The van der Waals surface area contributed by atoms with Gasteiger partial charge in [0.05, 0.1) is 0 Å². The molecule has 0 saturated heterocycles. The number of hydrogen-bond acceptors (Lipinski definition) is 1. The van der Waals surface area contributed by atoms with E-state index in [1.54, 1.807) is 0 Å². The highest BCUT2D eigenvalue weighted by molar-refractivity contribution is 5.18. The Kier molecular flexibility index (Phi) is 6.82. The summed E-state index contributed by atoms with van der Waals surface area (Å²) >= 11 is 0. The standard InChI is InChI=1S/C9H13N.C8H10/c1-2-9(10)8-6-4-3-5-7-8;1-2-8-6-4-3-5-7-8/h3-7,9H,2,10H2,1H3;3-7H,2H2,1H3. The number of nitrogens with two attached hydrogens (primary N) is 1. The molecule has 0 aromatic heterocycles. The Balaban J connectivity index is 0.000000184. The molecule has 1 heteroatoms. The van der Waals surface area contributed by atoms with Crippen LogP contribution < -0.4 is 5.73 Å². The van der Waals surface area contributed by atoms with E-state index in [4.69, 9.17) is 5.73 Å². The van der Waals surface area contributed by atoms with Crippen molar-refractivity contribution in [2.24, 2.45) is 5.73 Å². The first-order valence-electron chi connectivity index (χ1n) is 6.62. The van der Waals surface area contributed by atoms with Crippen molar-refractivity contribution >= 4 is 0 Å². The first kappa shape index (κ1) is 14.5. The van der Waals surface area contributed by atoms with Gasteiger partial charge in [-0.3, -0.25) is 0 Å². The molecule has 0 aliphatic carbocycles. The van der Waals surface area contributed by atoms with E-state index in [1.807, 2.05) is 24.3 Å². The van der Waals surface area contributed by atoms with E-state index < -0.39 is 0 Å². The largest absolute Gasteiger partial charge is 0.324 e. The zero-order valence-electron chi connectivity index (χ0n) is 11.3. The van der Waals surface area contributed by atoms with Crippen molar-refractivity contribution in [3.63, 3.8) is 0 Å². The molecule has 0 aliphatic heterocycles. The van der Waals surface area contributed by atoms with Crippen LogP contribution in [0.1, 0.15) is 37.4 Å². The normalized spacial score (nSPS) is 11.3. The fraction of sp³-hybridized carbons (Fsp3) is 0.294. The third-order valence-electron chi connectivity index (χ3n) is 2.92. The SMILES string of the molecule is CCC(N)c1ccccc1.CCc1ccccc1. The molecule has 2 aromatic rings. The molecular weight excluding hydrogens is 218 g/mol. The predicted octanol–water partition coefficient (Wildman–Crippen LogP) is 4.35. The highest BCUT2D eigenvalue weighted by Gasteiger charge is 1.99. The lowest BCUT2D eigenvalue weighted by molar-refractivity contribution is 0.699. The second-order valence-electron chi connectivity index (χ2n) is 4.26. The van der Waals surface area contributed by atoms with Gasteiger partial charge >= 0.3 is 0 Å². The van der Waals surface area contributed by atoms with E-state index >= 15 is 0 Å². The Hall–Kier alpha value is -1.60. The van der Waals surface area contributed by atoms with Crippen molar-refractivity contribution in [1.29, 1.82) is 0 Å². The van der Waals surface area contributed by atoms with Crippen LogP contribution >= 0.6 is 0 Å². The Labute approximate surface area is 111 Å². The van der Waals surface area contributed by atoms with Gasteiger partial charge in [-0.2, -0.15) is 0 Å². The van der Waals surface area contributed by atoms with Gasteiger partial charge in [0, 0.05) is 6.04 Å². The van der Waals surface area contributed by atoms with Gasteiger partial charge in [-0.15, -0.1) is 0 Å². The van der Waals surface area contributed by atoms with Crippen molar-refractivity contribution in [3.8, 4) is 0 Å². The summed E-state index contributed by atoms with van der Waals surface area (Å²) in [7, 11) is 0. The summed E-state index contributed by atoms with van der Waals surface area (Å²) in [6.07, 6.45) is 2.14. The average molecular weight is 241 g/mol. The van der Waals surface area contributed by atoms with Crippen LogP contribution in [0.4, 0.5) is 0 Å². The van der Waals surface area contributed by atoms with Crippen LogP contribution in [0.2, 0.25) is 0 Å². The molecule has 0 aliphatic rings.